The Labute approximate surface area is 113 Å². The number of hydrogen-bond acceptors (Lipinski definition) is 4. The maximum Gasteiger partial charge on any atom is 0.225 e. The Morgan fingerprint density at radius 2 is 1.84 bits per heavy atom. The van der Waals surface area contributed by atoms with Gasteiger partial charge in [0.2, 0.25) is 11.8 Å². The van der Waals surface area contributed by atoms with Crippen molar-refractivity contribution in [3.8, 4) is 11.6 Å². The van der Waals surface area contributed by atoms with E-state index in [2.05, 4.69) is 41.3 Å². The highest BCUT2D eigenvalue weighted by Gasteiger charge is 2.09. The molecule has 0 fully saturated rings. The van der Waals surface area contributed by atoms with Crippen molar-refractivity contribution in [1.82, 2.24) is 9.97 Å². The van der Waals surface area contributed by atoms with Crippen molar-refractivity contribution < 1.29 is 4.74 Å². The van der Waals surface area contributed by atoms with E-state index < -0.39 is 0 Å². The molecule has 0 saturated heterocycles. The smallest absolute Gasteiger partial charge is 0.225 e. The van der Waals surface area contributed by atoms with E-state index in [1.54, 1.807) is 12.3 Å². The summed E-state index contributed by atoms with van der Waals surface area (Å²) in [4.78, 5) is 8.46. The number of nitrogens with zero attached hydrogens (tertiary/aromatic N) is 2. The minimum atomic E-state index is 0.558. The second-order valence-electron chi connectivity index (χ2n) is 4.50. The molecule has 4 heteroatoms. The van der Waals surface area contributed by atoms with Gasteiger partial charge in [-0.25, -0.2) is 4.98 Å². The molecule has 0 bridgehead atoms. The summed E-state index contributed by atoms with van der Waals surface area (Å²) in [5.41, 5.74) is 3.46. The van der Waals surface area contributed by atoms with Crippen LogP contribution in [0.5, 0.6) is 11.6 Å². The van der Waals surface area contributed by atoms with Crippen LogP contribution in [-0.2, 0) is 0 Å². The van der Waals surface area contributed by atoms with Crippen molar-refractivity contribution in [3.05, 3.63) is 41.1 Å². The lowest BCUT2D eigenvalue weighted by Gasteiger charge is -2.13. The zero-order chi connectivity index (χ0) is 13.8. The topological polar surface area (TPSA) is 47.0 Å². The average Bonchev–Trinajstić information content (AvgIpc) is 2.40. The first kappa shape index (κ1) is 13.3. The van der Waals surface area contributed by atoms with Gasteiger partial charge in [0.25, 0.3) is 0 Å². The largest absolute Gasteiger partial charge is 0.438 e. The Balaban J connectivity index is 2.31. The Bertz CT molecular complexity index is 582. The van der Waals surface area contributed by atoms with Gasteiger partial charge in [0.1, 0.15) is 5.75 Å². The number of hydrogen-bond donors (Lipinski definition) is 1. The highest BCUT2D eigenvalue weighted by atomic mass is 16.5. The van der Waals surface area contributed by atoms with E-state index in [0.717, 1.165) is 23.4 Å². The molecule has 0 amide bonds. The van der Waals surface area contributed by atoms with E-state index in [4.69, 9.17) is 4.74 Å². The van der Waals surface area contributed by atoms with Crippen molar-refractivity contribution in [2.24, 2.45) is 0 Å². The monoisotopic (exact) mass is 257 g/mol. The van der Waals surface area contributed by atoms with Gasteiger partial charge in [-0.15, -0.1) is 0 Å². The molecule has 0 saturated carbocycles. The molecule has 2 rings (SSSR count). The minimum Gasteiger partial charge on any atom is -0.438 e. The Morgan fingerprint density at radius 3 is 2.58 bits per heavy atom. The molecule has 1 heterocycles. The van der Waals surface area contributed by atoms with Crippen molar-refractivity contribution in [2.45, 2.75) is 27.7 Å². The van der Waals surface area contributed by atoms with E-state index >= 15 is 0 Å². The number of anilines is 1. The molecule has 2 aromatic rings. The Morgan fingerprint density at radius 1 is 1.11 bits per heavy atom. The van der Waals surface area contributed by atoms with E-state index in [9.17, 15) is 0 Å². The summed E-state index contributed by atoms with van der Waals surface area (Å²) >= 11 is 0. The zero-order valence-corrected chi connectivity index (χ0v) is 11.8. The second kappa shape index (κ2) is 5.69. The summed E-state index contributed by atoms with van der Waals surface area (Å²) in [5.74, 6) is 2.02. The predicted octanol–water partition coefficient (Wildman–Crippen LogP) is 3.63. The number of benzene rings is 1. The van der Waals surface area contributed by atoms with Crippen molar-refractivity contribution in [2.75, 3.05) is 11.9 Å². The Kier molecular flexibility index (Phi) is 4.00. The quantitative estimate of drug-likeness (QED) is 0.908. The van der Waals surface area contributed by atoms with Crippen LogP contribution in [0, 0.1) is 20.8 Å². The number of rotatable bonds is 4. The fourth-order valence-corrected chi connectivity index (χ4v) is 1.83. The van der Waals surface area contributed by atoms with Gasteiger partial charge in [-0.3, -0.25) is 0 Å². The number of aromatic nitrogens is 2. The van der Waals surface area contributed by atoms with Crippen LogP contribution < -0.4 is 10.1 Å². The van der Waals surface area contributed by atoms with Gasteiger partial charge in [0, 0.05) is 18.8 Å². The average molecular weight is 257 g/mol. The third kappa shape index (κ3) is 3.02. The Hall–Kier alpha value is -2.10. The molecule has 0 aliphatic rings. The van der Waals surface area contributed by atoms with Crippen LogP contribution in [0.25, 0.3) is 0 Å². The lowest BCUT2D eigenvalue weighted by molar-refractivity contribution is 0.455. The summed E-state index contributed by atoms with van der Waals surface area (Å²) in [6.07, 6.45) is 1.70. The van der Waals surface area contributed by atoms with Gasteiger partial charge in [0.05, 0.1) is 0 Å². The van der Waals surface area contributed by atoms with E-state index in [0.29, 0.717) is 11.8 Å². The lowest BCUT2D eigenvalue weighted by Crippen LogP contribution is -2.03. The van der Waals surface area contributed by atoms with Crippen LogP contribution in [0.2, 0.25) is 0 Å². The van der Waals surface area contributed by atoms with Crippen LogP contribution in [0.1, 0.15) is 23.6 Å². The molecular weight excluding hydrogens is 238 g/mol. The molecule has 1 aromatic carbocycles. The summed E-state index contributed by atoms with van der Waals surface area (Å²) in [7, 11) is 0. The lowest BCUT2D eigenvalue weighted by atomic mass is 10.1. The fourth-order valence-electron chi connectivity index (χ4n) is 1.83. The second-order valence-corrected chi connectivity index (χ2v) is 4.50. The molecule has 100 valence electrons. The molecule has 0 unspecified atom stereocenters. The molecule has 4 nitrogen and oxygen atoms in total. The van der Waals surface area contributed by atoms with Gasteiger partial charge in [-0.05, 0) is 44.4 Å². The van der Waals surface area contributed by atoms with Gasteiger partial charge in [-0.2, -0.15) is 4.98 Å². The van der Waals surface area contributed by atoms with E-state index in [1.807, 2.05) is 13.8 Å². The molecule has 0 atom stereocenters. The molecule has 0 aliphatic carbocycles. The highest BCUT2D eigenvalue weighted by Crippen LogP contribution is 2.29. The molecule has 0 aliphatic heterocycles. The standard InChI is InChI=1S/C15H19N3O/c1-5-16-15-17-9-8-13(18-15)19-14-11(3)7-6-10(2)12(14)4/h6-9H,5H2,1-4H3,(H,16,17,18). The van der Waals surface area contributed by atoms with Gasteiger partial charge < -0.3 is 10.1 Å². The first-order valence-electron chi connectivity index (χ1n) is 6.43. The summed E-state index contributed by atoms with van der Waals surface area (Å²) in [6, 6.07) is 5.92. The zero-order valence-electron chi connectivity index (χ0n) is 11.8. The van der Waals surface area contributed by atoms with E-state index in [1.165, 1.54) is 5.56 Å². The van der Waals surface area contributed by atoms with Gasteiger partial charge in [0.15, 0.2) is 0 Å². The van der Waals surface area contributed by atoms with Gasteiger partial charge >= 0.3 is 0 Å². The summed E-state index contributed by atoms with van der Waals surface area (Å²) in [5, 5.41) is 3.07. The first-order valence-corrected chi connectivity index (χ1v) is 6.43. The summed E-state index contributed by atoms with van der Waals surface area (Å²) in [6.45, 7) is 8.96. The van der Waals surface area contributed by atoms with Crippen LogP contribution in [0.3, 0.4) is 0 Å². The van der Waals surface area contributed by atoms with E-state index in [-0.39, 0.29) is 0 Å². The normalized spacial score (nSPS) is 10.3. The van der Waals surface area contributed by atoms with Crippen LogP contribution >= 0.6 is 0 Å². The third-order valence-electron chi connectivity index (χ3n) is 3.05. The van der Waals surface area contributed by atoms with Crippen LogP contribution in [0.4, 0.5) is 5.95 Å². The third-order valence-corrected chi connectivity index (χ3v) is 3.05. The maximum atomic E-state index is 5.92. The SMILES string of the molecule is CCNc1nccc(Oc2c(C)ccc(C)c2C)n1. The molecule has 19 heavy (non-hydrogen) atoms. The predicted molar refractivity (Wildman–Crippen MR) is 76.9 cm³/mol. The molecule has 0 spiro atoms. The van der Waals surface area contributed by atoms with Crippen molar-refractivity contribution >= 4 is 5.95 Å². The van der Waals surface area contributed by atoms with Crippen molar-refractivity contribution in [3.63, 3.8) is 0 Å². The maximum absolute atomic E-state index is 5.92. The summed E-state index contributed by atoms with van der Waals surface area (Å²) < 4.78 is 5.92. The molecule has 1 N–H and O–H groups in total. The molecule has 0 radical (unpaired) electrons. The highest BCUT2D eigenvalue weighted by molar-refractivity contribution is 5.46. The first-order chi connectivity index (χ1) is 9.11. The number of ether oxygens (including phenoxy) is 1. The van der Waals surface area contributed by atoms with Crippen LogP contribution in [0.15, 0.2) is 24.4 Å². The van der Waals surface area contributed by atoms with Crippen molar-refractivity contribution in [1.29, 1.82) is 0 Å². The number of nitrogens with one attached hydrogen (secondary N) is 1. The van der Waals surface area contributed by atoms with Gasteiger partial charge in [-0.1, -0.05) is 12.1 Å². The fraction of sp³-hybridized carbons (Fsp3) is 0.333. The van der Waals surface area contributed by atoms with Crippen LogP contribution in [-0.4, -0.2) is 16.5 Å². The molecule has 1 aromatic heterocycles. The molecular formula is C15H19N3O. The minimum absolute atomic E-state index is 0.558. The number of aryl methyl sites for hydroxylation is 2.